The van der Waals surface area contributed by atoms with Gasteiger partial charge in [-0.3, -0.25) is 0 Å². The highest BCUT2D eigenvalue weighted by atomic mass is 19.4. The van der Waals surface area contributed by atoms with Gasteiger partial charge in [-0.1, -0.05) is 18.2 Å². The maximum atomic E-state index is 13.0. The molecular weight excluding hydrogens is 354 g/mol. The third kappa shape index (κ3) is 4.11. The third-order valence-electron chi connectivity index (χ3n) is 3.41. The van der Waals surface area contributed by atoms with Gasteiger partial charge in [-0.05, 0) is 35.4 Å². The fourth-order valence-corrected chi connectivity index (χ4v) is 2.23. The first kappa shape index (κ1) is 18.8. The molecular formula is C16H10F6O3. The van der Waals surface area contributed by atoms with E-state index in [1.54, 1.807) is 0 Å². The fourth-order valence-electron chi connectivity index (χ4n) is 2.23. The van der Waals surface area contributed by atoms with Crippen molar-refractivity contribution in [2.24, 2.45) is 0 Å². The lowest BCUT2D eigenvalue weighted by molar-refractivity contribution is -0.149. The molecule has 1 atom stereocenters. The van der Waals surface area contributed by atoms with Crippen molar-refractivity contribution in [3.63, 3.8) is 0 Å². The number of hydrogen-bond acceptors (Lipinski definition) is 2. The Labute approximate surface area is 137 Å². The highest BCUT2D eigenvalue weighted by Gasteiger charge is 2.37. The first-order chi connectivity index (χ1) is 11.4. The Morgan fingerprint density at radius 2 is 1.48 bits per heavy atom. The van der Waals surface area contributed by atoms with Gasteiger partial charge in [0.25, 0.3) is 0 Å². The predicted molar refractivity (Wildman–Crippen MR) is 74.5 cm³/mol. The van der Waals surface area contributed by atoms with Gasteiger partial charge < -0.3 is 10.2 Å². The van der Waals surface area contributed by atoms with Gasteiger partial charge in [0.05, 0.1) is 11.1 Å². The Morgan fingerprint density at radius 1 is 0.880 bits per heavy atom. The molecule has 3 nitrogen and oxygen atoms in total. The summed E-state index contributed by atoms with van der Waals surface area (Å²) in [4.78, 5) is 10.8. The minimum atomic E-state index is -4.93. The van der Waals surface area contributed by atoms with Gasteiger partial charge in [0, 0.05) is 5.56 Å². The maximum Gasteiger partial charge on any atom is 0.416 e. The molecule has 1 unspecified atom stereocenters. The van der Waals surface area contributed by atoms with Crippen LogP contribution < -0.4 is 0 Å². The number of carboxylic acids is 1. The van der Waals surface area contributed by atoms with Gasteiger partial charge in [-0.25, -0.2) is 4.79 Å². The number of alkyl halides is 6. The largest absolute Gasteiger partial charge is 0.479 e. The third-order valence-corrected chi connectivity index (χ3v) is 3.41. The first-order valence-electron chi connectivity index (χ1n) is 6.71. The van der Waals surface area contributed by atoms with E-state index in [4.69, 9.17) is 5.11 Å². The van der Waals surface area contributed by atoms with Crippen molar-refractivity contribution in [1.29, 1.82) is 0 Å². The monoisotopic (exact) mass is 364 g/mol. The molecule has 0 aliphatic heterocycles. The number of hydrogen-bond donors (Lipinski definition) is 2. The molecule has 2 aromatic rings. The van der Waals surface area contributed by atoms with Crippen LogP contribution in [0.3, 0.4) is 0 Å². The SMILES string of the molecule is O=C(O)C(O)c1cc(-c2cccc(C(F)(F)F)c2)ccc1C(F)(F)F. The van der Waals surface area contributed by atoms with Crippen LogP contribution in [0.25, 0.3) is 11.1 Å². The zero-order valence-corrected chi connectivity index (χ0v) is 12.2. The molecule has 2 rings (SSSR count). The van der Waals surface area contributed by atoms with Crippen molar-refractivity contribution in [2.75, 3.05) is 0 Å². The average Bonchev–Trinajstić information content (AvgIpc) is 2.52. The Morgan fingerprint density at radius 3 is 2.00 bits per heavy atom. The molecule has 0 saturated carbocycles. The molecule has 0 bridgehead atoms. The molecule has 0 aliphatic carbocycles. The minimum absolute atomic E-state index is 0.0672. The second-order valence-electron chi connectivity index (χ2n) is 5.12. The van der Waals surface area contributed by atoms with E-state index < -0.39 is 41.1 Å². The van der Waals surface area contributed by atoms with E-state index in [0.717, 1.165) is 30.3 Å². The maximum absolute atomic E-state index is 13.0. The molecule has 0 heterocycles. The molecule has 134 valence electrons. The number of aliphatic hydroxyl groups excluding tert-OH is 1. The molecule has 0 fully saturated rings. The Kier molecular flexibility index (Phi) is 4.81. The zero-order chi connectivity index (χ0) is 19.0. The van der Waals surface area contributed by atoms with Crippen LogP contribution in [0.2, 0.25) is 0 Å². The van der Waals surface area contributed by atoms with E-state index in [-0.39, 0.29) is 11.1 Å². The number of aliphatic carboxylic acids is 1. The van der Waals surface area contributed by atoms with Crippen molar-refractivity contribution < 1.29 is 41.4 Å². The molecule has 0 radical (unpaired) electrons. The predicted octanol–water partition coefficient (Wildman–Crippen LogP) is 4.51. The number of rotatable bonds is 3. The van der Waals surface area contributed by atoms with Gasteiger partial charge in [0.1, 0.15) is 0 Å². The summed E-state index contributed by atoms with van der Waals surface area (Å²) in [6, 6.07) is 5.97. The highest BCUT2D eigenvalue weighted by Crippen LogP contribution is 2.38. The van der Waals surface area contributed by atoms with Crippen LogP contribution in [0.4, 0.5) is 26.3 Å². The van der Waals surface area contributed by atoms with E-state index in [9.17, 15) is 36.2 Å². The molecule has 2 N–H and O–H groups in total. The summed E-state index contributed by atoms with van der Waals surface area (Å²) >= 11 is 0. The summed E-state index contributed by atoms with van der Waals surface area (Å²) in [7, 11) is 0. The van der Waals surface area contributed by atoms with Gasteiger partial charge in [-0.2, -0.15) is 26.3 Å². The Hall–Kier alpha value is -2.55. The Balaban J connectivity index is 2.61. The van der Waals surface area contributed by atoms with Crippen LogP contribution in [0.15, 0.2) is 42.5 Å². The number of benzene rings is 2. The van der Waals surface area contributed by atoms with E-state index in [1.165, 1.54) is 6.07 Å². The summed E-state index contributed by atoms with van der Waals surface area (Å²) in [6.45, 7) is 0. The van der Waals surface area contributed by atoms with Crippen molar-refractivity contribution in [2.45, 2.75) is 18.5 Å². The lowest BCUT2D eigenvalue weighted by Gasteiger charge is -2.17. The van der Waals surface area contributed by atoms with Crippen LogP contribution in [-0.2, 0) is 17.1 Å². The van der Waals surface area contributed by atoms with Crippen molar-refractivity contribution in [3.8, 4) is 11.1 Å². The Bertz CT molecular complexity index is 795. The minimum Gasteiger partial charge on any atom is -0.479 e. The number of halogens is 6. The molecule has 0 aromatic heterocycles. The molecule has 9 heteroatoms. The summed E-state index contributed by atoms with van der Waals surface area (Å²) in [5.41, 5.74) is -3.49. The van der Waals surface area contributed by atoms with Gasteiger partial charge in [-0.15, -0.1) is 0 Å². The van der Waals surface area contributed by atoms with E-state index in [2.05, 4.69) is 0 Å². The topological polar surface area (TPSA) is 57.5 Å². The highest BCUT2D eigenvalue weighted by molar-refractivity contribution is 5.76. The summed E-state index contributed by atoms with van der Waals surface area (Å²) in [5, 5.41) is 18.3. The van der Waals surface area contributed by atoms with Crippen LogP contribution in [0.5, 0.6) is 0 Å². The van der Waals surface area contributed by atoms with Crippen LogP contribution >= 0.6 is 0 Å². The molecule has 2 aromatic carbocycles. The van der Waals surface area contributed by atoms with Crippen LogP contribution in [0, 0.1) is 0 Å². The number of aliphatic hydroxyl groups is 1. The molecule has 0 aliphatic rings. The van der Waals surface area contributed by atoms with Gasteiger partial charge in [0.15, 0.2) is 6.10 Å². The van der Waals surface area contributed by atoms with E-state index in [0.29, 0.717) is 6.07 Å². The lowest BCUT2D eigenvalue weighted by Crippen LogP contribution is -2.17. The standard InChI is InChI=1S/C16H10F6O3/c17-15(18,19)10-3-1-2-8(6-10)9-4-5-12(16(20,21)22)11(7-9)13(23)14(24)25/h1-7,13,23H,(H,24,25). The number of carbonyl (C=O) groups is 1. The second kappa shape index (κ2) is 6.40. The normalized spacial score (nSPS) is 13.6. The quantitative estimate of drug-likeness (QED) is 0.788. The zero-order valence-electron chi connectivity index (χ0n) is 12.2. The van der Waals surface area contributed by atoms with Crippen molar-refractivity contribution in [1.82, 2.24) is 0 Å². The molecule has 0 saturated heterocycles. The van der Waals surface area contributed by atoms with Gasteiger partial charge >= 0.3 is 18.3 Å². The summed E-state index contributed by atoms with van der Waals surface area (Å²) in [6.07, 6.45) is -12.0. The van der Waals surface area contributed by atoms with E-state index >= 15 is 0 Å². The molecule has 25 heavy (non-hydrogen) atoms. The van der Waals surface area contributed by atoms with Crippen LogP contribution in [-0.4, -0.2) is 16.2 Å². The fraction of sp³-hybridized carbons (Fsp3) is 0.188. The second-order valence-corrected chi connectivity index (χ2v) is 5.12. The molecule has 0 amide bonds. The average molecular weight is 364 g/mol. The summed E-state index contributed by atoms with van der Waals surface area (Å²) < 4.78 is 77.2. The smallest absolute Gasteiger partial charge is 0.416 e. The van der Waals surface area contributed by atoms with Gasteiger partial charge in [0.2, 0.25) is 0 Å². The molecule has 0 spiro atoms. The lowest BCUT2D eigenvalue weighted by atomic mass is 9.95. The van der Waals surface area contributed by atoms with E-state index in [1.807, 2.05) is 0 Å². The summed E-state index contributed by atoms with van der Waals surface area (Å²) in [5.74, 6) is -1.91. The van der Waals surface area contributed by atoms with Crippen molar-refractivity contribution >= 4 is 5.97 Å². The van der Waals surface area contributed by atoms with Crippen molar-refractivity contribution in [3.05, 3.63) is 59.2 Å². The number of carboxylic acid groups (broad SMARTS) is 1. The van der Waals surface area contributed by atoms with Crippen LogP contribution in [0.1, 0.15) is 22.8 Å². The first-order valence-corrected chi connectivity index (χ1v) is 6.71.